The van der Waals surface area contributed by atoms with E-state index >= 15 is 0 Å². The van der Waals surface area contributed by atoms with Gasteiger partial charge in [0.2, 0.25) is 11.7 Å². The van der Waals surface area contributed by atoms with Crippen LogP contribution in [0.1, 0.15) is 21.6 Å². The summed E-state index contributed by atoms with van der Waals surface area (Å²) in [6.45, 7) is 4.01. The number of ketones is 1. The van der Waals surface area contributed by atoms with Crippen molar-refractivity contribution in [1.29, 1.82) is 0 Å². The van der Waals surface area contributed by atoms with Gasteiger partial charge in [-0.05, 0) is 37.3 Å². The molecule has 1 fully saturated rings. The number of ether oxygens (including phenoxy) is 1. The van der Waals surface area contributed by atoms with Crippen molar-refractivity contribution in [2.24, 2.45) is 0 Å². The lowest BCUT2D eigenvalue weighted by Crippen LogP contribution is -2.44. The minimum absolute atomic E-state index is 0.0832. The zero-order valence-electron chi connectivity index (χ0n) is 12.6. The van der Waals surface area contributed by atoms with Crippen LogP contribution in [0.15, 0.2) is 41.3 Å². The van der Waals surface area contributed by atoms with Crippen LogP contribution in [0.25, 0.3) is 0 Å². The van der Waals surface area contributed by atoms with Crippen molar-refractivity contribution in [3.05, 3.63) is 53.2 Å². The molecule has 0 unspecified atom stereocenters. The lowest BCUT2D eigenvalue weighted by atomic mass is 10.1. The van der Waals surface area contributed by atoms with E-state index in [9.17, 15) is 4.79 Å². The van der Waals surface area contributed by atoms with Gasteiger partial charge in [-0.15, -0.1) is 11.8 Å². The number of aryl methyl sites for hydroxylation is 1. The monoisotopic (exact) mass is 314 g/mol. The van der Waals surface area contributed by atoms with Crippen molar-refractivity contribution in [3.63, 3.8) is 0 Å². The Morgan fingerprint density at radius 2 is 1.95 bits per heavy atom. The van der Waals surface area contributed by atoms with Crippen LogP contribution in [0, 0.1) is 6.92 Å². The Morgan fingerprint density at radius 3 is 2.55 bits per heavy atom. The smallest absolute Gasteiger partial charge is 0.216 e. The van der Waals surface area contributed by atoms with Gasteiger partial charge < -0.3 is 10.1 Å². The van der Waals surface area contributed by atoms with Gasteiger partial charge in [0.15, 0.2) is 0 Å². The van der Waals surface area contributed by atoms with Crippen LogP contribution >= 0.6 is 11.8 Å². The highest BCUT2D eigenvalue weighted by Crippen LogP contribution is 2.26. The topological polar surface area (TPSA) is 51.2 Å². The van der Waals surface area contributed by atoms with Crippen molar-refractivity contribution >= 4 is 17.5 Å². The molecule has 0 aliphatic carbocycles. The number of methoxy groups -OCH3 is 1. The molecule has 2 heterocycles. The SMILES string of the molecule is COc1nc(C(=O)c2ccc(SC3CNC3)cc2)ccc1C. The summed E-state index contributed by atoms with van der Waals surface area (Å²) in [6.07, 6.45) is 0. The summed E-state index contributed by atoms with van der Waals surface area (Å²) in [5, 5.41) is 3.90. The summed E-state index contributed by atoms with van der Waals surface area (Å²) in [7, 11) is 1.56. The zero-order chi connectivity index (χ0) is 15.5. The molecule has 1 aliphatic rings. The van der Waals surface area contributed by atoms with E-state index in [1.54, 1.807) is 13.2 Å². The van der Waals surface area contributed by atoms with E-state index < -0.39 is 0 Å². The minimum atomic E-state index is -0.0832. The van der Waals surface area contributed by atoms with Crippen LogP contribution in [0.2, 0.25) is 0 Å². The van der Waals surface area contributed by atoms with Gasteiger partial charge in [-0.2, -0.15) is 0 Å². The highest BCUT2D eigenvalue weighted by atomic mass is 32.2. The average Bonchev–Trinajstić information content (AvgIpc) is 2.51. The molecule has 2 aromatic rings. The van der Waals surface area contributed by atoms with Gasteiger partial charge in [0.1, 0.15) is 5.69 Å². The molecule has 1 N–H and O–H groups in total. The second-order valence-electron chi connectivity index (χ2n) is 5.27. The predicted octanol–water partition coefficient (Wildman–Crippen LogP) is 2.69. The summed E-state index contributed by atoms with van der Waals surface area (Å²) in [4.78, 5) is 18.0. The Bertz CT molecular complexity index is 682. The van der Waals surface area contributed by atoms with E-state index in [1.165, 1.54) is 4.90 Å². The first-order chi connectivity index (χ1) is 10.7. The Balaban J connectivity index is 1.76. The Kier molecular flexibility index (Phi) is 4.45. The van der Waals surface area contributed by atoms with E-state index in [0.29, 0.717) is 22.4 Å². The number of carbonyl (C=O) groups excluding carboxylic acids is 1. The van der Waals surface area contributed by atoms with Gasteiger partial charge in [-0.1, -0.05) is 6.07 Å². The maximum absolute atomic E-state index is 12.5. The predicted molar refractivity (Wildman–Crippen MR) is 87.9 cm³/mol. The lowest BCUT2D eigenvalue weighted by molar-refractivity contribution is 0.103. The number of aromatic nitrogens is 1. The van der Waals surface area contributed by atoms with Gasteiger partial charge in [0.25, 0.3) is 0 Å². The number of rotatable bonds is 5. The van der Waals surface area contributed by atoms with Gasteiger partial charge in [-0.3, -0.25) is 4.79 Å². The van der Waals surface area contributed by atoms with Crippen LogP contribution in [0.3, 0.4) is 0 Å². The summed E-state index contributed by atoms with van der Waals surface area (Å²) in [5.74, 6) is 0.413. The van der Waals surface area contributed by atoms with Crippen molar-refractivity contribution in [2.45, 2.75) is 17.1 Å². The number of nitrogens with zero attached hydrogens (tertiary/aromatic N) is 1. The van der Waals surface area contributed by atoms with E-state index in [-0.39, 0.29) is 5.78 Å². The Labute approximate surface area is 134 Å². The molecule has 4 nitrogen and oxygen atoms in total. The Hall–Kier alpha value is -1.85. The molecule has 1 aromatic carbocycles. The summed E-state index contributed by atoms with van der Waals surface area (Å²) in [5.41, 5.74) is 1.97. The first kappa shape index (κ1) is 15.1. The number of benzene rings is 1. The highest BCUT2D eigenvalue weighted by molar-refractivity contribution is 8.00. The van der Waals surface area contributed by atoms with Crippen LogP contribution in [-0.4, -0.2) is 36.2 Å². The van der Waals surface area contributed by atoms with E-state index in [0.717, 1.165) is 18.7 Å². The standard InChI is InChI=1S/C17H18N2O2S/c1-11-3-8-15(19-17(11)21-2)16(20)12-4-6-13(7-5-12)22-14-9-18-10-14/h3-8,14,18H,9-10H2,1-2H3. The van der Waals surface area contributed by atoms with Crippen molar-refractivity contribution in [3.8, 4) is 5.88 Å². The molecular formula is C17H18N2O2S. The van der Waals surface area contributed by atoms with Crippen molar-refractivity contribution in [1.82, 2.24) is 10.3 Å². The molecule has 0 atom stereocenters. The third kappa shape index (κ3) is 3.15. The third-order valence-electron chi connectivity index (χ3n) is 3.64. The minimum Gasteiger partial charge on any atom is -0.481 e. The van der Waals surface area contributed by atoms with E-state index in [1.807, 2.05) is 49.0 Å². The fourth-order valence-electron chi connectivity index (χ4n) is 2.21. The summed E-state index contributed by atoms with van der Waals surface area (Å²) in [6, 6.07) is 11.3. The number of hydrogen-bond acceptors (Lipinski definition) is 5. The lowest BCUT2D eigenvalue weighted by Gasteiger charge is -2.26. The second-order valence-corrected chi connectivity index (χ2v) is 6.65. The van der Waals surface area contributed by atoms with E-state index in [2.05, 4.69) is 10.3 Å². The molecule has 1 saturated heterocycles. The van der Waals surface area contributed by atoms with E-state index in [4.69, 9.17) is 4.74 Å². The molecule has 1 aliphatic heterocycles. The second kappa shape index (κ2) is 6.50. The van der Waals surface area contributed by atoms with Gasteiger partial charge >= 0.3 is 0 Å². The highest BCUT2D eigenvalue weighted by Gasteiger charge is 2.18. The van der Waals surface area contributed by atoms with Gasteiger partial charge in [0.05, 0.1) is 7.11 Å². The van der Waals surface area contributed by atoms with Crippen LogP contribution in [0.4, 0.5) is 0 Å². The molecule has 114 valence electrons. The van der Waals surface area contributed by atoms with Gasteiger partial charge in [0, 0.05) is 34.4 Å². The molecule has 22 heavy (non-hydrogen) atoms. The van der Waals surface area contributed by atoms with Crippen LogP contribution in [0.5, 0.6) is 5.88 Å². The Morgan fingerprint density at radius 1 is 1.23 bits per heavy atom. The maximum atomic E-state index is 12.5. The van der Waals surface area contributed by atoms with Gasteiger partial charge in [-0.25, -0.2) is 4.98 Å². The molecule has 1 aromatic heterocycles. The van der Waals surface area contributed by atoms with Crippen LogP contribution < -0.4 is 10.1 Å². The number of nitrogens with one attached hydrogen (secondary N) is 1. The fraction of sp³-hybridized carbons (Fsp3) is 0.294. The van der Waals surface area contributed by atoms with Crippen LogP contribution in [-0.2, 0) is 0 Å². The number of thioether (sulfide) groups is 1. The molecule has 0 bridgehead atoms. The molecular weight excluding hydrogens is 296 g/mol. The fourth-order valence-corrected chi connectivity index (χ4v) is 3.29. The third-order valence-corrected chi connectivity index (χ3v) is 4.85. The van der Waals surface area contributed by atoms with Crippen molar-refractivity contribution < 1.29 is 9.53 Å². The molecule has 0 spiro atoms. The number of hydrogen-bond donors (Lipinski definition) is 1. The number of carbonyl (C=O) groups is 1. The quantitative estimate of drug-likeness (QED) is 0.860. The first-order valence-corrected chi connectivity index (χ1v) is 8.09. The summed E-state index contributed by atoms with van der Waals surface area (Å²) >= 11 is 1.85. The maximum Gasteiger partial charge on any atom is 0.216 e. The molecule has 3 rings (SSSR count). The number of pyridine rings is 1. The largest absolute Gasteiger partial charge is 0.481 e. The first-order valence-electron chi connectivity index (χ1n) is 7.21. The summed E-state index contributed by atoms with van der Waals surface area (Å²) < 4.78 is 5.18. The molecule has 0 radical (unpaired) electrons. The zero-order valence-corrected chi connectivity index (χ0v) is 13.4. The van der Waals surface area contributed by atoms with Crippen molar-refractivity contribution in [2.75, 3.05) is 20.2 Å². The molecule has 5 heteroatoms. The average molecular weight is 314 g/mol. The normalized spacial score (nSPS) is 14.5. The molecule has 0 saturated carbocycles. The molecule has 0 amide bonds.